The Kier molecular flexibility index (Phi) is 20.9. The number of carbonyl (C=O) groups excluding carboxylic acids is 7. The van der Waals surface area contributed by atoms with Crippen LogP contribution in [0, 0.1) is 18.3 Å². The summed E-state index contributed by atoms with van der Waals surface area (Å²) in [5, 5.41) is 44.7. The second-order valence-electron chi connectivity index (χ2n) is 16.3. The number of amides is 6. The molecule has 0 fully saturated rings. The number of carbonyl (C=O) groups is 10. The van der Waals surface area contributed by atoms with Crippen molar-refractivity contribution in [3.63, 3.8) is 0 Å². The highest BCUT2D eigenvalue weighted by atomic mass is 32.1. The van der Waals surface area contributed by atoms with E-state index in [1.807, 2.05) is 31.4 Å². The third kappa shape index (κ3) is 18.6. The van der Waals surface area contributed by atoms with Crippen molar-refractivity contribution in [1.29, 1.82) is 0 Å². The van der Waals surface area contributed by atoms with Crippen LogP contribution in [0.3, 0.4) is 0 Å². The van der Waals surface area contributed by atoms with E-state index in [1.54, 1.807) is 52.0 Å². The molecule has 0 unspecified atom stereocenters. The number of hydrogen-bond acceptors (Lipinski definition) is 11. The van der Waals surface area contributed by atoms with Crippen molar-refractivity contribution in [2.45, 2.75) is 129 Å². The van der Waals surface area contributed by atoms with Gasteiger partial charge in [0.05, 0.1) is 18.9 Å². The summed E-state index contributed by atoms with van der Waals surface area (Å²) in [6, 6.07) is 2.31. The van der Waals surface area contributed by atoms with Crippen LogP contribution in [0.15, 0.2) is 41.8 Å². The lowest BCUT2D eigenvalue weighted by molar-refractivity contribution is -0.142. The van der Waals surface area contributed by atoms with Gasteiger partial charge in [0.15, 0.2) is 0 Å². The van der Waals surface area contributed by atoms with Crippen LogP contribution < -0.4 is 31.9 Å². The maximum absolute atomic E-state index is 14.3. The molecule has 2 aromatic rings. The Balaban J connectivity index is 2.45. The fraction of sp³-hybridized carbons (Fsp3) is 0.524. The first kappa shape index (κ1) is 52.0. The normalized spacial score (nSPS) is 14.1. The fourth-order valence-corrected chi connectivity index (χ4v) is 6.92. The lowest BCUT2D eigenvalue weighted by atomic mass is 9.85. The van der Waals surface area contributed by atoms with E-state index in [0.29, 0.717) is 11.8 Å². The van der Waals surface area contributed by atoms with Gasteiger partial charge >= 0.3 is 17.9 Å². The van der Waals surface area contributed by atoms with Gasteiger partial charge in [-0.3, -0.25) is 43.2 Å². The largest absolute Gasteiger partial charge is 0.481 e. The number of nitrogens with one attached hydrogen (secondary N) is 6. The summed E-state index contributed by atoms with van der Waals surface area (Å²) >= 11 is 1.42. The first-order valence-corrected chi connectivity index (χ1v) is 20.9. The van der Waals surface area contributed by atoms with Gasteiger partial charge in [0, 0.05) is 30.6 Å². The molecule has 1 aromatic carbocycles. The summed E-state index contributed by atoms with van der Waals surface area (Å²) < 4.78 is 0. The van der Waals surface area contributed by atoms with Gasteiger partial charge in [-0.25, -0.2) is 0 Å². The summed E-state index contributed by atoms with van der Waals surface area (Å²) in [4.78, 5) is 128. The molecule has 0 saturated carbocycles. The number of aldehydes is 1. The van der Waals surface area contributed by atoms with Crippen molar-refractivity contribution in [3.8, 4) is 0 Å². The van der Waals surface area contributed by atoms with Crippen molar-refractivity contribution in [2.75, 3.05) is 0 Å². The van der Waals surface area contributed by atoms with Crippen molar-refractivity contribution in [3.05, 3.63) is 57.8 Å². The van der Waals surface area contributed by atoms with Crippen LogP contribution in [-0.2, 0) is 60.8 Å². The molecule has 9 N–H and O–H groups in total. The lowest BCUT2D eigenvalue weighted by Crippen LogP contribution is -2.62. The fourth-order valence-electron chi connectivity index (χ4n) is 6.16. The molecule has 20 heteroatoms. The predicted molar refractivity (Wildman–Crippen MR) is 225 cm³/mol. The Morgan fingerprint density at radius 1 is 0.645 bits per heavy atom. The van der Waals surface area contributed by atoms with Crippen molar-refractivity contribution in [1.82, 2.24) is 31.9 Å². The molecule has 6 atom stereocenters. The van der Waals surface area contributed by atoms with Gasteiger partial charge in [0.1, 0.15) is 36.5 Å². The van der Waals surface area contributed by atoms with E-state index in [1.165, 1.54) is 11.3 Å². The molecule has 0 aliphatic rings. The van der Waals surface area contributed by atoms with Crippen LogP contribution in [0.2, 0.25) is 0 Å². The van der Waals surface area contributed by atoms with Crippen molar-refractivity contribution < 1.29 is 63.3 Å². The van der Waals surface area contributed by atoms with E-state index in [4.69, 9.17) is 5.11 Å². The number of rotatable bonds is 26. The third-order valence-corrected chi connectivity index (χ3v) is 10.3. The van der Waals surface area contributed by atoms with Crippen LogP contribution in [0.5, 0.6) is 0 Å². The van der Waals surface area contributed by atoms with Gasteiger partial charge < -0.3 is 52.0 Å². The molecule has 0 bridgehead atoms. The topological polar surface area (TPSA) is 304 Å². The molecule has 2 rings (SSSR count). The van der Waals surface area contributed by atoms with Gasteiger partial charge in [-0.2, -0.15) is 0 Å². The Bertz CT molecular complexity index is 1910. The maximum Gasteiger partial charge on any atom is 0.305 e. The number of benzene rings is 1. The maximum atomic E-state index is 14.3. The number of thiophene rings is 1. The highest BCUT2D eigenvalue weighted by Crippen LogP contribution is 2.21. The van der Waals surface area contributed by atoms with Gasteiger partial charge in [0.25, 0.3) is 0 Å². The number of hydrogen-bond donors (Lipinski definition) is 9. The molecule has 0 aliphatic heterocycles. The second kappa shape index (κ2) is 24.9. The van der Waals surface area contributed by atoms with Crippen molar-refractivity contribution >= 4 is 71.0 Å². The van der Waals surface area contributed by atoms with E-state index >= 15 is 0 Å². The third-order valence-electron chi connectivity index (χ3n) is 9.44. The number of aryl methyl sites for hydroxylation is 1. The van der Waals surface area contributed by atoms with Crippen LogP contribution in [0.1, 0.15) is 89.1 Å². The standard InChI is InChI=1S/C42H58N6O13S/c1-23(2)18-29(38(58)43-26(22-49)20-27-12-9-17-62-27)47-41(61)36(42(4,5)6)48-40(60)30(19-25-11-8-7-10-24(25)3)46-37(57)28(13-15-33(51)52)45-39(59)31(21-35(55)56)44-32(50)14-16-34(53)54/h7-12,17,22-23,26,28-31,36H,13-16,18-21H2,1-6H3,(H,43,58)(H,44,50)(H,45,59)(H,46,57)(H,47,61)(H,48,60)(H,51,52)(H,53,54)(H,55,56)/t26-,28-,29-,30-,31-,36+/m0/s1. The molecular weight excluding hydrogens is 829 g/mol. The molecular formula is C42H58N6O13S. The molecule has 0 spiro atoms. The van der Waals surface area contributed by atoms with Crippen LogP contribution >= 0.6 is 11.3 Å². The smallest absolute Gasteiger partial charge is 0.305 e. The molecule has 1 aromatic heterocycles. The highest BCUT2D eigenvalue weighted by molar-refractivity contribution is 7.09. The minimum Gasteiger partial charge on any atom is -0.481 e. The van der Waals surface area contributed by atoms with E-state index in [-0.39, 0.29) is 25.2 Å². The number of aliphatic carboxylic acids is 3. The minimum absolute atomic E-state index is 0.0865. The Labute approximate surface area is 363 Å². The van der Waals surface area contributed by atoms with E-state index < -0.39 is 127 Å². The zero-order valence-electron chi connectivity index (χ0n) is 35.6. The highest BCUT2D eigenvalue weighted by Gasteiger charge is 2.38. The number of carboxylic acid groups (broad SMARTS) is 3. The quantitative estimate of drug-likeness (QED) is 0.0602. The zero-order valence-corrected chi connectivity index (χ0v) is 36.5. The monoisotopic (exact) mass is 886 g/mol. The summed E-state index contributed by atoms with van der Waals surface area (Å²) in [5.41, 5.74) is 0.333. The molecule has 0 saturated heterocycles. The Hall–Kier alpha value is -6.18. The minimum atomic E-state index is -1.79. The molecule has 6 amide bonds. The summed E-state index contributed by atoms with van der Waals surface area (Å²) in [6.07, 6.45) is -2.50. The van der Waals surface area contributed by atoms with Crippen LogP contribution in [0.25, 0.3) is 0 Å². The average molecular weight is 887 g/mol. The SMILES string of the molecule is Cc1ccccc1C[C@H](NC(=O)[C@H](CCC(=O)O)NC(=O)[C@H](CC(=O)O)NC(=O)CCC(=O)O)C(=O)N[C@H](C(=O)N[C@@H](CC(C)C)C(=O)N[C@H](C=O)Cc1cccs1)C(C)(C)C. The summed E-state index contributed by atoms with van der Waals surface area (Å²) in [5.74, 6) is -9.73. The Morgan fingerprint density at radius 2 is 1.23 bits per heavy atom. The van der Waals surface area contributed by atoms with Crippen molar-refractivity contribution in [2.24, 2.45) is 11.3 Å². The molecule has 0 radical (unpaired) electrons. The van der Waals surface area contributed by atoms with E-state index in [2.05, 4.69) is 31.9 Å². The number of carboxylic acids is 3. The zero-order chi connectivity index (χ0) is 46.7. The summed E-state index contributed by atoms with van der Waals surface area (Å²) in [6.45, 7) is 10.4. The van der Waals surface area contributed by atoms with Gasteiger partial charge in [0.2, 0.25) is 35.4 Å². The Morgan fingerprint density at radius 3 is 1.77 bits per heavy atom. The molecule has 62 heavy (non-hydrogen) atoms. The van der Waals surface area contributed by atoms with Crippen LogP contribution in [0.4, 0.5) is 0 Å². The predicted octanol–water partition coefficient (Wildman–Crippen LogP) is 1.25. The average Bonchev–Trinajstić information content (AvgIpc) is 3.69. The van der Waals surface area contributed by atoms with Gasteiger partial charge in [-0.05, 0) is 53.7 Å². The first-order valence-electron chi connectivity index (χ1n) is 20.0. The second-order valence-corrected chi connectivity index (χ2v) is 17.4. The van der Waals surface area contributed by atoms with Gasteiger partial charge in [-0.15, -0.1) is 11.3 Å². The molecule has 19 nitrogen and oxygen atoms in total. The molecule has 0 aliphatic carbocycles. The van der Waals surface area contributed by atoms with E-state index in [0.717, 1.165) is 10.4 Å². The first-order chi connectivity index (χ1) is 29.0. The van der Waals surface area contributed by atoms with Crippen LogP contribution in [-0.4, -0.2) is 111 Å². The summed E-state index contributed by atoms with van der Waals surface area (Å²) in [7, 11) is 0. The molecule has 340 valence electrons. The lowest BCUT2D eigenvalue weighted by Gasteiger charge is -2.33. The van der Waals surface area contributed by atoms with E-state index in [9.17, 15) is 58.2 Å². The van der Waals surface area contributed by atoms with Gasteiger partial charge in [-0.1, -0.05) is 65.0 Å². The molecule has 1 heterocycles.